The summed E-state index contributed by atoms with van der Waals surface area (Å²) in [7, 11) is 2.06. The number of halogens is 4. The monoisotopic (exact) mass is 615 g/mol. The van der Waals surface area contributed by atoms with Crippen LogP contribution in [0.25, 0.3) is 32.9 Å². The van der Waals surface area contributed by atoms with Crippen LogP contribution in [0.5, 0.6) is 11.8 Å². The van der Waals surface area contributed by atoms with Gasteiger partial charge in [-0.05, 0) is 57.5 Å². The normalized spacial score (nSPS) is 20.4. The number of aromatic amines is 1. The summed E-state index contributed by atoms with van der Waals surface area (Å²) in [6.07, 6.45) is 0.115. The fraction of sp³-hybridized carbons (Fsp3) is 0.500. The third-order valence-electron chi connectivity index (χ3n) is 9.13. The van der Waals surface area contributed by atoms with Crippen LogP contribution in [-0.2, 0) is 0 Å². The smallest absolute Gasteiger partial charge is 0.422 e. The number of H-pyrrole nitrogens is 1. The van der Waals surface area contributed by atoms with E-state index in [9.17, 15) is 13.2 Å². The summed E-state index contributed by atoms with van der Waals surface area (Å²) in [5.74, 6) is 0.537. The lowest BCUT2D eigenvalue weighted by atomic mass is 9.81. The van der Waals surface area contributed by atoms with Gasteiger partial charge < -0.3 is 24.6 Å². The van der Waals surface area contributed by atoms with Gasteiger partial charge in [0.25, 0.3) is 0 Å². The number of benzene rings is 2. The molecular formula is C30H33ClF3N7O2. The Labute approximate surface area is 251 Å². The van der Waals surface area contributed by atoms with Crippen LogP contribution in [0.1, 0.15) is 24.8 Å². The Balaban J connectivity index is 1.43. The van der Waals surface area contributed by atoms with Crippen molar-refractivity contribution in [3.63, 3.8) is 0 Å². The highest BCUT2D eigenvalue weighted by Crippen LogP contribution is 2.48. The van der Waals surface area contributed by atoms with Crippen molar-refractivity contribution < 1.29 is 22.6 Å². The first-order valence-corrected chi connectivity index (χ1v) is 14.9. The molecule has 5 heterocycles. The highest BCUT2D eigenvalue weighted by Gasteiger charge is 2.44. The number of hydrogen-bond donors (Lipinski definition) is 2. The lowest BCUT2D eigenvalue weighted by Gasteiger charge is -2.39. The van der Waals surface area contributed by atoms with E-state index in [0.29, 0.717) is 34.3 Å². The number of nitrogens with one attached hydrogen (secondary N) is 2. The van der Waals surface area contributed by atoms with Crippen LogP contribution >= 0.6 is 11.6 Å². The van der Waals surface area contributed by atoms with Gasteiger partial charge in [-0.15, -0.1) is 0 Å². The summed E-state index contributed by atoms with van der Waals surface area (Å²) in [6, 6.07) is 5.81. The van der Waals surface area contributed by atoms with Crippen LogP contribution in [0, 0.1) is 12.3 Å². The van der Waals surface area contributed by atoms with Crippen molar-refractivity contribution in [2.24, 2.45) is 5.41 Å². The summed E-state index contributed by atoms with van der Waals surface area (Å²) in [5, 5.41) is 11.9. The van der Waals surface area contributed by atoms with Gasteiger partial charge in [0.2, 0.25) is 0 Å². The number of likely N-dealkylation sites (tertiary alicyclic amines) is 1. The molecule has 0 bridgehead atoms. The molecule has 1 atom stereocenters. The number of aryl methyl sites for hydroxylation is 1. The van der Waals surface area contributed by atoms with Crippen molar-refractivity contribution in [1.29, 1.82) is 0 Å². The molecule has 7 rings (SSSR count). The SMILES string of the molecule is Cc1ccc2[nH]ncc2c1-c1c(Cl)cc2c(N3CCC4(CNC4)C3)nc(OC[C@@H]3CCCN3C)nc2c1OCC(F)(F)F. The third-order valence-corrected chi connectivity index (χ3v) is 9.43. The number of anilines is 1. The second kappa shape index (κ2) is 10.7. The number of ether oxygens (including phenoxy) is 2. The molecule has 13 heteroatoms. The maximum Gasteiger partial charge on any atom is 0.422 e. The lowest BCUT2D eigenvalue weighted by molar-refractivity contribution is -0.153. The van der Waals surface area contributed by atoms with Gasteiger partial charge in [-0.1, -0.05) is 17.7 Å². The fourth-order valence-electron chi connectivity index (χ4n) is 6.70. The minimum Gasteiger partial charge on any atom is -0.481 e. The first kappa shape index (κ1) is 28.4. The Hall–Kier alpha value is -3.35. The molecule has 43 heavy (non-hydrogen) atoms. The maximum absolute atomic E-state index is 13.7. The van der Waals surface area contributed by atoms with Crippen LogP contribution in [0.3, 0.4) is 0 Å². The summed E-state index contributed by atoms with van der Waals surface area (Å²) < 4.78 is 52.9. The van der Waals surface area contributed by atoms with Gasteiger partial charge in [-0.2, -0.15) is 28.2 Å². The number of alkyl halides is 3. The Morgan fingerprint density at radius 2 is 1.95 bits per heavy atom. The predicted molar refractivity (Wildman–Crippen MR) is 159 cm³/mol. The van der Waals surface area contributed by atoms with Crippen molar-refractivity contribution in [2.45, 2.75) is 38.4 Å². The van der Waals surface area contributed by atoms with Crippen molar-refractivity contribution >= 4 is 39.2 Å². The average molecular weight is 616 g/mol. The second-order valence-electron chi connectivity index (χ2n) is 12.1. The Morgan fingerprint density at radius 3 is 2.65 bits per heavy atom. The first-order chi connectivity index (χ1) is 20.6. The molecule has 9 nitrogen and oxygen atoms in total. The molecular weight excluding hydrogens is 583 g/mol. The van der Waals surface area contributed by atoms with Crippen molar-refractivity contribution in [1.82, 2.24) is 30.4 Å². The number of aromatic nitrogens is 4. The van der Waals surface area contributed by atoms with Gasteiger partial charge in [0.1, 0.15) is 17.9 Å². The molecule has 2 N–H and O–H groups in total. The van der Waals surface area contributed by atoms with E-state index in [1.807, 2.05) is 19.1 Å². The minimum atomic E-state index is -4.58. The van der Waals surface area contributed by atoms with E-state index in [2.05, 4.69) is 32.4 Å². The van der Waals surface area contributed by atoms with Crippen LogP contribution < -0.4 is 19.7 Å². The summed E-state index contributed by atoms with van der Waals surface area (Å²) >= 11 is 7.00. The molecule has 2 aromatic heterocycles. The van der Waals surface area contributed by atoms with Gasteiger partial charge in [0, 0.05) is 59.5 Å². The van der Waals surface area contributed by atoms with Crippen molar-refractivity contribution in [3.8, 4) is 22.9 Å². The van der Waals surface area contributed by atoms with E-state index in [-0.39, 0.29) is 33.8 Å². The van der Waals surface area contributed by atoms with Gasteiger partial charge in [-0.25, -0.2) is 0 Å². The lowest BCUT2D eigenvalue weighted by Crippen LogP contribution is -2.54. The topological polar surface area (TPSA) is 91.4 Å². The van der Waals surface area contributed by atoms with Crippen molar-refractivity contribution in [3.05, 3.63) is 35.0 Å². The molecule has 2 aromatic carbocycles. The standard InChI is InChI=1S/C30H33ClF3N7O2/c1-17-5-6-22-20(11-36-39-22)23(17)24-21(31)10-19-25(26(24)43-16-30(32,33)34)37-28(42-12-18-4-3-8-40(18)2)38-27(19)41-9-7-29(15-41)13-35-14-29/h5-6,10-11,18,35H,3-4,7-9,12-16H2,1-2H3,(H,36,39)/t18-/m0/s1. The van der Waals surface area contributed by atoms with Gasteiger partial charge in [0.05, 0.1) is 16.7 Å². The fourth-order valence-corrected chi connectivity index (χ4v) is 6.99. The largest absolute Gasteiger partial charge is 0.481 e. The summed E-state index contributed by atoms with van der Waals surface area (Å²) in [6.45, 7) is 5.10. The van der Waals surface area contributed by atoms with E-state index < -0.39 is 12.8 Å². The molecule has 1 spiro atoms. The molecule has 3 aliphatic rings. The van der Waals surface area contributed by atoms with E-state index in [1.54, 1.807) is 12.3 Å². The summed E-state index contributed by atoms with van der Waals surface area (Å²) in [4.78, 5) is 14.0. The van der Waals surface area contributed by atoms with Crippen LogP contribution in [0.4, 0.5) is 19.0 Å². The average Bonchev–Trinajstić information content (AvgIpc) is 3.70. The van der Waals surface area contributed by atoms with Gasteiger partial charge in [0.15, 0.2) is 12.4 Å². The molecule has 0 unspecified atom stereocenters. The maximum atomic E-state index is 13.7. The molecule has 3 aliphatic heterocycles. The number of fused-ring (bicyclic) bond motifs is 2. The number of hydrogen-bond acceptors (Lipinski definition) is 8. The Kier molecular flexibility index (Phi) is 7.05. The van der Waals surface area contributed by atoms with Gasteiger partial charge >= 0.3 is 12.2 Å². The molecule has 0 aliphatic carbocycles. The van der Waals surface area contributed by atoms with E-state index in [4.69, 9.17) is 31.0 Å². The van der Waals surface area contributed by atoms with Crippen LogP contribution in [-0.4, -0.2) is 90.3 Å². The zero-order chi connectivity index (χ0) is 29.9. The Bertz CT molecular complexity index is 1690. The number of nitrogens with zero attached hydrogens (tertiary/aromatic N) is 5. The quantitative estimate of drug-likeness (QED) is 0.288. The van der Waals surface area contributed by atoms with Crippen LogP contribution in [0.2, 0.25) is 5.02 Å². The van der Waals surface area contributed by atoms with Gasteiger partial charge in [-0.3, -0.25) is 5.10 Å². The number of likely N-dealkylation sites (N-methyl/N-ethyl adjacent to an activating group) is 1. The molecule has 4 aromatic rings. The second-order valence-corrected chi connectivity index (χ2v) is 12.6. The zero-order valence-electron chi connectivity index (χ0n) is 24.0. The summed E-state index contributed by atoms with van der Waals surface area (Å²) in [5.41, 5.74) is 2.87. The molecule has 0 saturated carbocycles. The van der Waals surface area contributed by atoms with Crippen molar-refractivity contribution in [2.75, 3.05) is 57.9 Å². The van der Waals surface area contributed by atoms with E-state index in [0.717, 1.165) is 63.1 Å². The number of rotatable bonds is 7. The molecule has 0 radical (unpaired) electrons. The minimum absolute atomic E-state index is 0.0534. The van der Waals surface area contributed by atoms with E-state index in [1.165, 1.54) is 0 Å². The third kappa shape index (κ3) is 5.23. The highest BCUT2D eigenvalue weighted by atomic mass is 35.5. The van der Waals surface area contributed by atoms with E-state index >= 15 is 0 Å². The molecule has 228 valence electrons. The zero-order valence-corrected chi connectivity index (χ0v) is 24.8. The first-order valence-electron chi connectivity index (χ1n) is 14.6. The predicted octanol–water partition coefficient (Wildman–Crippen LogP) is 5.35. The van der Waals surface area contributed by atoms with Crippen LogP contribution in [0.15, 0.2) is 24.4 Å². The Morgan fingerprint density at radius 1 is 1.12 bits per heavy atom. The molecule has 3 saturated heterocycles. The molecule has 3 fully saturated rings. The molecule has 0 amide bonds. The highest BCUT2D eigenvalue weighted by molar-refractivity contribution is 6.35.